The second-order valence-electron chi connectivity index (χ2n) is 4.68. The van der Waals surface area contributed by atoms with Crippen LogP contribution in [0.3, 0.4) is 0 Å². The standard InChI is InChI=1S/C13H14F2N4/c14-10-1-2-12(11(15)7-10)19-8-17-18-13(19)9-3-5-16-6-4-9/h1-2,7-9,16H,3-6H2. The van der Waals surface area contributed by atoms with Crippen LogP contribution in [0.2, 0.25) is 0 Å². The number of benzene rings is 1. The van der Waals surface area contributed by atoms with Crippen LogP contribution in [0, 0.1) is 11.6 Å². The molecule has 0 aliphatic carbocycles. The second-order valence-corrected chi connectivity index (χ2v) is 4.68. The Bertz CT molecular complexity index is 576. The normalized spacial score (nSPS) is 16.7. The number of hydrogen-bond acceptors (Lipinski definition) is 3. The first kappa shape index (κ1) is 12.2. The molecule has 1 aliphatic heterocycles. The van der Waals surface area contributed by atoms with Crippen LogP contribution in [0.1, 0.15) is 24.6 Å². The van der Waals surface area contributed by atoms with Gasteiger partial charge in [0.25, 0.3) is 0 Å². The molecule has 0 bridgehead atoms. The van der Waals surface area contributed by atoms with Crippen LogP contribution < -0.4 is 5.32 Å². The van der Waals surface area contributed by atoms with Gasteiger partial charge in [-0.25, -0.2) is 8.78 Å². The van der Waals surface area contributed by atoms with Crippen LogP contribution in [-0.4, -0.2) is 27.9 Å². The van der Waals surface area contributed by atoms with Gasteiger partial charge in [-0.1, -0.05) is 0 Å². The first-order valence-electron chi connectivity index (χ1n) is 6.32. The maximum absolute atomic E-state index is 13.8. The summed E-state index contributed by atoms with van der Waals surface area (Å²) < 4.78 is 28.4. The van der Waals surface area contributed by atoms with Crippen LogP contribution in [-0.2, 0) is 0 Å². The van der Waals surface area contributed by atoms with Crippen molar-refractivity contribution >= 4 is 0 Å². The number of nitrogens with one attached hydrogen (secondary N) is 1. The van der Waals surface area contributed by atoms with Gasteiger partial charge in [0, 0.05) is 12.0 Å². The largest absolute Gasteiger partial charge is 0.317 e. The van der Waals surface area contributed by atoms with Crippen molar-refractivity contribution in [3.63, 3.8) is 0 Å². The highest BCUT2D eigenvalue weighted by molar-refractivity contribution is 5.35. The van der Waals surface area contributed by atoms with E-state index < -0.39 is 11.6 Å². The lowest BCUT2D eigenvalue weighted by molar-refractivity contribution is 0.439. The minimum Gasteiger partial charge on any atom is -0.317 e. The molecule has 1 aliphatic rings. The van der Waals surface area contributed by atoms with Gasteiger partial charge in [-0.05, 0) is 38.1 Å². The van der Waals surface area contributed by atoms with Gasteiger partial charge in [0.1, 0.15) is 23.8 Å². The van der Waals surface area contributed by atoms with E-state index in [9.17, 15) is 8.78 Å². The fourth-order valence-corrected chi connectivity index (χ4v) is 2.46. The lowest BCUT2D eigenvalue weighted by Crippen LogP contribution is -2.28. The van der Waals surface area contributed by atoms with E-state index in [0.717, 1.165) is 37.8 Å². The average Bonchev–Trinajstić information content (AvgIpc) is 2.89. The maximum atomic E-state index is 13.8. The van der Waals surface area contributed by atoms with Gasteiger partial charge in [0.15, 0.2) is 0 Å². The van der Waals surface area contributed by atoms with E-state index in [1.165, 1.54) is 18.5 Å². The van der Waals surface area contributed by atoms with E-state index in [1.54, 1.807) is 4.57 Å². The number of nitrogens with zero attached hydrogens (tertiary/aromatic N) is 3. The molecule has 100 valence electrons. The molecular formula is C13H14F2N4. The molecule has 1 saturated heterocycles. The zero-order valence-corrected chi connectivity index (χ0v) is 10.3. The first-order chi connectivity index (χ1) is 9.25. The lowest BCUT2D eigenvalue weighted by Gasteiger charge is -2.22. The van der Waals surface area contributed by atoms with Gasteiger partial charge < -0.3 is 5.32 Å². The highest BCUT2D eigenvalue weighted by Gasteiger charge is 2.22. The van der Waals surface area contributed by atoms with Crippen LogP contribution in [0.25, 0.3) is 5.69 Å². The maximum Gasteiger partial charge on any atom is 0.150 e. The Morgan fingerprint density at radius 1 is 1.21 bits per heavy atom. The van der Waals surface area contributed by atoms with Gasteiger partial charge in [-0.2, -0.15) is 0 Å². The predicted molar refractivity (Wildman–Crippen MR) is 66.1 cm³/mol. The summed E-state index contributed by atoms with van der Waals surface area (Å²) in [4.78, 5) is 0. The predicted octanol–water partition coefficient (Wildman–Crippen LogP) is 2.01. The van der Waals surface area contributed by atoms with E-state index in [-0.39, 0.29) is 5.92 Å². The monoisotopic (exact) mass is 264 g/mol. The highest BCUT2D eigenvalue weighted by atomic mass is 19.1. The number of hydrogen-bond donors (Lipinski definition) is 1. The summed E-state index contributed by atoms with van der Waals surface area (Å²) in [5.41, 5.74) is 0.292. The molecule has 2 aromatic rings. The van der Waals surface area contributed by atoms with Crippen molar-refractivity contribution in [3.05, 3.63) is 42.0 Å². The van der Waals surface area contributed by atoms with Crippen molar-refractivity contribution < 1.29 is 8.78 Å². The number of halogens is 2. The molecule has 0 radical (unpaired) electrons. The number of piperidine rings is 1. The third-order valence-corrected chi connectivity index (χ3v) is 3.45. The second kappa shape index (κ2) is 5.05. The third kappa shape index (κ3) is 2.35. The summed E-state index contributed by atoms with van der Waals surface area (Å²) in [5.74, 6) is -0.187. The SMILES string of the molecule is Fc1ccc(-n2cnnc2C2CCNCC2)c(F)c1. The summed E-state index contributed by atoms with van der Waals surface area (Å²) in [7, 11) is 0. The lowest BCUT2D eigenvalue weighted by atomic mass is 9.97. The molecular weight excluding hydrogens is 250 g/mol. The fourth-order valence-electron chi connectivity index (χ4n) is 2.46. The summed E-state index contributed by atoms with van der Waals surface area (Å²) in [6.45, 7) is 1.84. The average molecular weight is 264 g/mol. The quantitative estimate of drug-likeness (QED) is 0.902. The van der Waals surface area contributed by atoms with Gasteiger partial charge in [0.05, 0.1) is 5.69 Å². The van der Waals surface area contributed by atoms with Crippen LogP contribution in [0.15, 0.2) is 24.5 Å². The molecule has 3 rings (SSSR count). The number of rotatable bonds is 2. The third-order valence-electron chi connectivity index (χ3n) is 3.45. The molecule has 0 amide bonds. The van der Waals surface area contributed by atoms with Crippen molar-refractivity contribution in [2.24, 2.45) is 0 Å². The zero-order valence-electron chi connectivity index (χ0n) is 10.3. The Kier molecular flexibility index (Phi) is 3.25. The Hall–Kier alpha value is -1.82. The Morgan fingerprint density at radius 2 is 2.00 bits per heavy atom. The van der Waals surface area contributed by atoms with Gasteiger partial charge in [-0.15, -0.1) is 10.2 Å². The fraction of sp³-hybridized carbons (Fsp3) is 0.385. The van der Waals surface area contributed by atoms with Crippen molar-refractivity contribution in [1.29, 1.82) is 0 Å². The topological polar surface area (TPSA) is 42.7 Å². The molecule has 1 aromatic heterocycles. The molecule has 1 fully saturated rings. The van der Waals surface area contributed by atoms with Crippen LogP contribution >= 0.6 is 0 Å². The van der Waals surface area contributed by atoms with E-state index in [1.807, 2.05) is 0 Å². The Morgan fingerprint density at radius 3 is 2.74 bits per heavy atom. The summed E-state index contributed by atoms with van der Waals surface area (Å²) in [6.07, 6.45) is 3.37. The Labute approximate surface area is 109 Å². The minimum atomic E-state index is -0.602. The smallest absolute Gasteiger partial charge is 0.150 e. The summed E-state index contributed by atoms with van der Waals surface area (Å²) >= 11 is 0. The molecule has 0 spiro atoms. The molecule has 0 saturated carbocycles. The van der Waals surface area contributed by atoms with Crippen LogP contribution in [0.4, 0.5) is 8.78 Å². The first-order valence-corrected chi connectivity index (χ1v) is 6.32. The molecule has 1 N–H and O–H groups in total. The van der Waals surface area contributed by atoms with Gasteiger partial charge in [-0.3, -0.25) is 4.57 Å². The molecule has 19 heavy (non-hydrogen) atoms. The molecule has 6 heteroatoms. The summed E-state index contributed by atoms with van der Waals surface area (Å²) in [6, 6.07) is 3.53. The molecule has 0 unspecified atom stereocenters. The number of aromatic nitrogens is 3. The van der Waals surface area contributed by atoms with E-state index in [4.69, 9.17) is 0 Å². The summed E-state index contributed by atoms with van der Waals surface area (Å²) in [5, 5.41) is 11.2. The Balaban J connectivity index is 1.99. The van der Waals surface area contributed by atoms with E-state index in [2.05, 4.69) is 15.5 Å². The van der Waals surface area contributed by atoms with Gasteiger partial charge in [0.2, 0.25) is 0 Å². The van der Waals surface area contributed by atoms with E-state index in [0.29, 0.717) is 5.69 Å². The molecule has 2 heterocycles. The minimum absolute atomic E-state index is 0.258. The van der Waals surface area contributed by atoms with Crippen molar-refractivity contribution in [2.75, 3.05) is 13.1 Å². The molecule has 1 aromatic carbocycles. The van der Waals surface area contributed by atoms with Crippen molar-refractivity contribution in [2.45, 2.75) is 18.8 Å². The van der Waals surface area contributed by atoms with Crippen molar-refractivity contribution in [3.8, 4) is 5.69 Å². The zero-order chi connectivity index (χ0) is 13.2. The molecule has 0 atom stereocenters. The highest BCUT2D eigenvalue weighted by Crippen LogP contribution is 2.26. The molecule has 4 nitrogen and oxygen atoms in total. The van der Waals surface area contributed by atoms with E-state index >= 15 is 0 Å². The van der Waals surface area contributed by atoms with Crippen molar-refractivity contribution in [1.82, 2.24) is 20.1 Å². The van der Waals surface area contributed by atoms with Crippen LogP contribution in [0.5, 0.6) is 0 Å². The van der Waals surface area contributed by atoms with Gasteiger partial charge >= 0.3 is 0 Å².